The summed E-state index contributed by atoms with van der Waals surface area (Å²) in [5.74, 6) is -0.460. The largest absolute Gasteiger partial charge is 0.444 e. The Balaban J connectivity index is 1.17. The van der Waals surface area contributed by atoms with Crippen LogP contribution in [0.15, 0.2) is 79.1 Å². The van der Waals surface area contributed by atoms with Gasteiger partial charge in [-0.2, -0.15) is 0 Å². The molecule has 47 heavy (non-hydrogen) atoms. The molecular formula is C35H38ClN7O4. The zero-order valence-electron chi connectivity index (χ0n) is 26.7. The predicted molar refractivity (Wildman–Crippen MR) is 177 cm³/mol. The van der Waals surface area contributed by atoms with E-state index in [0.29, 0.717) is 43.1 Å². The maximum Gasteiger partial charge on any atom is 0.410 e. The number of amides is 3. The third-order valence-corrected chi connectivity index (χ3v) is 8.94. The Morgan fingerprint density at radius 3 is 2.30 bits per heavy atom. The highest BCUT2D eigenvalue weighted by atomic mass is 35.5. The monoisotopic (exact) mass is 655 g/mol. The number of carbonyl (C=O) groups excluding carboxylic acids is 3. The SMILES string of the molecule is CC(C)(C)OC(=O)N1CC[C@H](c2ccc(-c3ccccc3)cc2)C[C@@H]1C(=O)N1CCC1C(=O)NCc1cc(Cl)ccc1-n1cnnn1. The van der Waals surface area contributed by atoms with Crippen molar-refractivity contribution in [1.82, 2.24) is 35.3 Å². The minimum absolute atomic E-state index is 0.0635. The highest BCUT2D eigenvalue weighted by molar-refractivity contribution is 6.30. The van der Waals surface area contributed by atoms with Crippen LogP contribution in [-0.2, 0) is 20.9 Å². The number of ether oxygens (including phenoxy) is 1. The summed E-state index contributed by atoms with van der Waals surface area (Å²) in [5, 5.41) is 14.8. The van der Waals surface area contributed by atoms with Crippen LogP contribution in [0.25, 0.3) is 16.8 Å². The lowest BCUT2D eigenvalue weighted by Crippen LogP contribution is -2.64. The highest BCUT2D eigenvalue weighted by Crippen LogP contribution is 2.36. The number of nitrogens with zero attached hydrogens (tertiary/aromatic N) is 6. The number of aromatic nitrogens is 4. The van der Waals surface area contributed by atoms with Crippen molar-refractivity contribution in [1.29, 1.82) is 0 Å². The summed E-state index contributed by atoms with van der Waals surface area (Å²) in [6.07, 6.45) is 2.60. The number of hydrogen-bond acceptors (Lipinski definition) is 7. The van der Waals surface area contributed by atoms with Gasteiger partial charge in [-0.3, -0.25) is 14.5 Å². The van der Waals surface area contributed by atoms with E-state index in [4.69, 9.17) is 16.3 Å². The van der Waals surface area contributed by atoms with Gasteiger partial charge >= 0.3 is 6.09 Å². The van der Waals surface area contributed by atoms with E-state index in [9.17, 15) is 14.4 Å². The molecule has 2 saturated heterocycles. The van der Waals surface area contributed by atoms with Gasteiger partial charge in [-0.1, -0.05) is 66.2 Å². The van der Waals surface area contributed by atoms with Crippen molar-refractivity contribution in [3.8, 4) is 16.8 Å². The van der Waals surface area contributed by atoms with Crippen LogP contribution in [0, 0.1) is 0 Å². The van der Waals surface area contributed by atoms with Gasteiger partial charge in [-0.15, -0.1) is 5.10 Å². The predicted octanol–water partition coefficient (Wildman–Crippen LogP) is 5.38. The molecule has 12 heteroatoms. The van der Waals surface area contributed by atoms with Gasteiger partial charge in [0.2, 0.25) is 11.8 Å². The van der Waals surface area contributed by atoms with E-state index in [1.165, 1.54) is 11.0 Å². The Hall–Kier alpha value is -4.77. The van der Waals surface area contributed by atoms with Gasteiger partial charge < -0.3 is 15.0 Å². The first-order chi connectivity index (χ1) is 22.6. The lowest BCUT2D eigenvalue weighted by atomic mass is 9.83. The molecule has 0 spiro atoms. The quantitative estimate of drug-likeness (QED) is 0.284. The van der Waals surface area contributed by atoms with Gasteiger partial charge in [0.15, 0.2) is 0 Å². The van der Waals surface area contributed by atoms with E-state index in [2.05, 4.69) is 57.2 Å². The van der Waals surface area contributed by atoms with Crippen molar-refractivity contribution in [2.75, 3.05) is 13.1 Å². The van der Waals surface area contributed by atoms with Crippen molar-refractivity contribution in [3.05, 3.63) is 95.3 Å². The Bertz CT molecular complexity index is 1730. The number of halogens is 1. The zero-order chi connectivity index (χ0) is 33.1. The Morgan fingerprint density at radius 1 is 0.915 bits per heavy atom. The molecule has 0 aliphatic carbocycles. The Kier molecular flexibility index (Phi) is 9.26. The fourth-order valence-corrected chi connectivity index (χ4v) is 6.42. The molecule has 244 valence electrons. The van der Waals surface area contributed by atoms with Crippen LogP contribution in [0.1, 0.15) is 57.1 Å². The number of benzene rings is 3. The summed E-state index contributed by atoms with van der Waals surface area (Å²) in [6, 6.07) is 22.4. The lowest BCUT2D eigenvalue weighted by Gasteiger charge is -2.46. The summed E-state index contributed by atoms with van der Waals surface area (Å²) < 4.78 is 7.22. The van der Waals surface area contributed by atoms with Gasteiger partial charge in [0.05, 0.1) is 5.69 Å². The van der Waals surface area contributed by atoms with Crippen LogP contribution < -0.4 is 5.32 Å². The maximum absolute atomic E-state index is 14.2. The van der Waals surface area contributed by atoms with Crippen molar-refractivity contribution in [3.63, 3.8) is 0 Å². The minimum atomic E-state index is -0.757. The molecule has 2 fully saturated rings. The summed E-state index contributed by atoms with van der Waals surface area (Å²) in [6.45, 7) is 6.40. The second-order valence-electron chi connectivity index (χ2n) is 13.0. The molecule has 4 aromatic rings. The number of likely N-dealkylation sites (tertiary alicyclic amines) is 2. The lowest BCUT2D eigenvalue weighted by molar-refractivity contribution is -0.152. The molecule has 1 N–H and O–H groups in total. The zero-order valence-corrected chi connectivity index (χ0v) is 27.4. The number of tetrazole rings is 1. The standard InChI is InChI=1S/C35H38ClN7O4/c1-35(2,3)47-34(46)42-17-15-26(25-11-9-24(10-12-25)23-7-5-4-6-8-23)20-31(42)33(45)41-18-16-30(41)32(44)37-21-27-19-28(36)13-14-29(27)43-22-38-39-40-43/h4-14,19,22,26,30-31H,15-18,20-21H2,1-3H3,(H,37,44)/t26-,30?,31+/m0/s1. The fraction of sp³-hybridized carbons (Fsp3) is 0.371. The van der Waals surface area contributed by atoms with Crippen LogP contribution in [0.2, 0.25) is 5.02 Å². The van der Waals surface area contributed by atoms with Gasteiger partial charge in [0, 0.05) is 24.7 Å². The molecular weight excluding hydrogens is 618 g/mol. The molecule has 0 radical (unpaired) electrons. The number of hydrogen-bond donors (Lipinski definition) is 1. The molecule has 3 atom stereocenters. The summed E-state index contributed by atoms with van der Waals surface area (Å²) >= 11 is 6.25. The molecule has 3 aromatic carbocycles. The summed E-state index contributed by atoms with van der Waals surface area (Å²) in [5.41, 5.74) is 4.06. The second-order valence-corrected chi connectivity index (χ2v) is 13.4. The average Bonchev–Trinajstić information content (AvgIpc) is 3.58. The summed E-state index contributed by atoms with van der Waals surface area (Å²) in [7, 11) is 0. The van der Waals surface area contributed by atoms with Crippen LogP contribution in [0.4, 0.5) is 4.79 Å². The molecule has 1 aromatic heterocycles. The minimum Gasteiger partial charge on any atom is -0.444 e. The molecule has 6 rings (SSSR count). The normalized spacial score (nSPS) is 19.5. The Morgan fingerprint density at radius 2 is 1.64 bits per heavy atom. The van der Waals surface area contributed by atoms with Crippen molar-refractivity contribution >= 4 is 29.5 Å². The van der Waals surface area contributed by atoms with Crippen molar-refractivity contribution in [2.24, 2.45) is 0 Å². The van der Waals surface area contributed by atoms with Gasteiger partial charge in [-0.25, -0.2) is 9.48 Å². The van der Waals surface area contributed by atoms with E-state index >= 15 is 0 Å². The molecule has 2 aliphatic heterocycles. The topological polar surface area (TPSA) is 123 Å². The fourth-order valence-electron chi connectivity index (χ4n) is 6.23. The van der Waals surface area contributed by atoms with Crippen molar-refractivity contribution in [2.45, 2.75) is 70.2 Å². The number of nitrogens with one attached hydrogen (secondary N) is 1. The first kappa shape index (κ1) is 32.2. The number of rotatable bonds is 7. The number of carbonyl (C=O) groups is 3. The van der Waals surface area contributed by atoms with Crippen LogP contribution >= 0.6 is 11.6 Å². The molecule has 0 bridgehead atoms. The van der Waals surface area contributed by atoms with E-state index in [1.807, 2.05) is 39.0 Å². The third-order valence-electron chi connectivity index (χ3n) is 8.70. The molecule has 3 heterocycles. The van der Waals surface area contributed by atoms with E-state index in [0.717, 1.165) is 22.3 Å². The van der Waals surface area contributed by atoms with Crippen LogP contribution in [0.3, 0.4) is 0 Å². The first-order valence-corrected chi connectivity index (χ1v) is 16.2. The maximum atomic E-state index is 14.2. The van der Waals surface area contributed by atoms with Crippen LogP contribution in [0.5, 0.6) is 0 Å². The van der Waals surface area contributed by atoms with Crippen LogP contribution in [-0.4, -0.2) is 78.7 Å². The smallest absolute Gasteiger partial charge is 0.410 e. The molecule has 1 unspecified atom stereocenters. The third kappa shape index (κ3) is 7.30. The van der Waals surface area contributed by atoms with E-state index in [-0.39, 0.29) is 24.3 Å². The van der Waals surface area contributed by atoms with Gasteiger partial charge in [0.1, 0.15) is 24.0 Å². The second kappa shape index (κ2) is 13.5. The first-order valence-electron chi connectivity index (χ1n) is 15.8. The molecule has 0 saturated carbocycles. The van der Waals surface area contributed by atoms with E-state index < -0.39 is 23.8 Å². The highest BCUT2D eigenvalue weighted by Gasteiger charge is 2.46. The Labute approximate surface area is 278 Å². The van der Waals surface area contributed by atoms with Gasteiger partial charge in [0.25, 0.3) is 0 Å². The molecule has 2 aliphatic rings. The summed E-state index contributed by atoms with van der Waals surface area (Å²) in [4.78, 5) is 44.1. The van der Waals surface area contributed by atoms with Gasteiger partial charge in [-0.05, 0) is 96.8 Å². The molecule has 11 nitrogen and oxygen atoms in total. The molecule has 3 amide bonds. The number of piperidine rings is 1. The van der Waals surface area contributed by atoms with E-state index in [1.54, 1.807) is 28.0 Å². The average molecular weight is 656 g/mol. The van der Waals surface area contributed by atoms with Crippen molar-refractivity contribution < 1.29 is 19.1 Å².